The molecule has 4 rings (SSSR count). The lowest BCUT2D eigenvalue weighted by Crippen LogP contribution is -2.35. The van der Waals surface area contributed by atoms with E-state index in [4.69, 9.17) is 0 Å². The van der Waals surface area contributed by atoms with E-state index in [1.54, 1.807) is 0 Å². The Bertz CT molecular complexity index is 671. The molecular formula is C18H26N6. The maximum Gasteiger partial charge on any atom is 0.128 e. The molecule has 6 heteroatoms. The van der Waals surface area contributed by atoms with Gasteiger partial charge in [0, 0.05) is 57.4 Å². The van der Waals surface area contributed by atoms with Gasteiger partial charge in [0.2, 0.25) is 0 Å². The van der Waals surface area contributed by atoms with E-state index in [0.717, 1.165) is 56.6 Å². The maximum absolute atomic E-state index is 4.62. The molecule has 2 aliphatic rings. The second kappa shape index (κ2) is 6.81. The molecule has 24 heavy (non-hydrogen) atoms. The van der Waals surface area contributed by atoms with Crippen LogP contribution in [0.4, 0.5) is 11.6 Å². The van der Waals surface area contributed by atoms with Crippen LogP contribution in [0.5, 0.6) is 0 Å². The first-order valence-electron chi connectivity index (χ1n) is 8.97. The summed E-state index contributed by atoms with van der Waals surface area (Å²) in [6.45, 7) is 8.18. The van der Waals surface area contributed by atoms with E-state index in [9.17, 15) is 0 Å². The van der Waals surface area contributed by atoms with Crippen molar-refractivity contribution in [1.82, 2.24) is 20.1 Å². The van der Waals surface area contributed by atoms with Crippen LogP contribution in [0.2, 0.25) is 0 Å². The number of hydrogen-bond donors (Lipinski definition) is 2. The quantitative estimate of drug-likeness (QED) is 0.880. The summed E-state index contributed by atoms with van der Waals surface area (Å²) in [6, 6.07) is 6.46. The zero-order valence-electron chi connectivity index (χ0n) is 14.3. The molecule has 1 atom stereocenters. The van der Waals surface area contributed by atoms with Crippen molar-refractivity contribution in [3.05, 3.63) is 35.7 Å². The number of hydrogen-bond acceptors (Lipinski definition) is 5. The number of aromatic nitrogens is 3. The molecule has 0 radical (unpaired) electrons. The average molecular weight is 326 g/mol. The van der Waals surface area contributed by atoms with Crippen molar-refractivity contribution in [3.8, 4) is 0 Å². The van der Waals surface area contributed by atoms with Crippen molar-refractivity contribution in [2.75, 3.05) is 36.4 Å². The Morgan fingerprint density at radius 2 is 2.17 bits per heavy atom. The highest BCUT2D eigenvalue weighted by molar-refractivity contribution is 5.40. The lowest BCUT2D eigenvalue weighted by atomic mass is 10.1. The van der Waals surface area contributed by atoms with E-state index in [1.807, 2.05) is 13.1 Å². The third-order valence-corrected chi connectivity index (χ3v) is 4.91. The zero-order valence-corrected chi connectivity index (χ0v) is 14.3. The Labute approximate surface area is 143 Å². The van der Waals surface area contributed by atoms with Crippen LogP contribution in [-0.2, 0) is 13.1 Å². The number of anilines is 2. The van der Waals surface area contributed by atoms with Gasteiger partial charge in [-0.3, -0.25) is 0 Å². The van der Waals surface area contributed by atoms with Crippen LogP contribution in [0.15, 0.2) is 24.4 Å². The molecule has 2 aliphatic heterocycles. The highest BCUT2D eigenvalue weighted by atomic mass is 15.3. The first kappa shape index (κ1) is 15.4. The number of nitrogens with zero attached hydrogens (tertiary/aromatic N) is 4. The molecular weight excluding hydrogens is 300 g/mol. The third-order valence-electron chi connectivity index (χ3n) is 4.91. The summed E-state index contributed by atoms with van der Waals surface area (Å²) in [6.07, 6.45) is 4.59. The van der Waals surface area contributed by atoms with Crippen molar-refractivity contribution in [1.29, 1.82) is 0 Å². The van der Waals surface area contributed by atoms with E-state index in [-0.39, 0.29) is 0 Å². The second-order valence-electron chi connectivity index (χ2n) is 6.95. The van der Waals surface area contributed by atoms with Gasteiger partial charge >= 0.3 is 0 Å². The van der Waals surface area contributed by atoms with E-state index in [2.05, 4.69) is 48.5 Å². The number of pyridine rings is 1. The lowest BCUT2D eigenvalue weighted by molar-refractivity contribution is 0.390. The van der Waals surface area contributed by atoms with Crippen LogP contribution in [-0.4, -0.2) is 40.9 Å². The van der Waals surface area contributed by atoms with Crippen LogP contribution in [0.25, 0.3) is 0 Å². The fraction of sp³-hybridized carbons (Fsp3) is 0.556. The average Bonchev–Trinajstić information content (AvgIpc) is 3.24. The molecule has 0 saturated carbocycles. The van der Waals surface area contributed by atoms with Gasteiger partial charge in [-0.05, 0) is 31.4 Å². The van der Waals surface area contributed by atoms with Gasteiger partial charge in [-0.25, -0.2) is 9.67 Å². The Morgan fingerprint density at radius 1 is 1.29 bits per heavy atom. The summed E-state index contributed by atoms with van der Waals surface area (Å²) in [7, 11) is 0. The molecule has 128 valence electrons. The normalized spacial score (nSPS) is 20.0. The molecule has 6 nitrogen and oxygen atoms in total. The van der Waals surface area contributed by atoms with Crippen LogP contribution < -0.4 is 15.5 Å². The molecule has 0 bridgehead atoms. The van der Waals surface area contributed by atoms with Gasteiger partial charge in [-0.1, -0.05) is 6.07 Å². The van der Waals surface area contributed by atoms with Crippen LogP contribution >= 0.6 is 0 Å². The molecule has 0 unspecified atom stereocenters. The van der Waals surface area contributed by atoms with Crippen LogP contribution in [0.1, 0.15) is 24.1 Å². The van der Waals surface area contributed by atoms with Crippen molar-refractivity contribution >= 4 is 11.6 Å². The fourth-order valence-electron chi connectivity index (χ4n) is 3.60. The summed E-state index contributed by atoms with van der Waals surface area (Å²) in [4.78, 5) is 6.99. The molecule has 0 amide bonds. The molecule has 1 saturated heterocycles. The van der Waals surface area contributed by atoms with Gasteiger partial charge in [0.15, 0.2) is 0 Å². The number of aryl methyl sites for hydroxylation is 1. The van der Waals surface area contributed by atoms with E-state index < -0.39 is 0 Å². The maximum atomic E-state index is 4.62. The predicted molar refractivity (Wildman–Crippen MR) is 96.3 cm³/mol. The predicted octanol–water partition coefficient (Wildman–Crippen LogP) is 2.02. The summed E-state index contributed by atoms with van der Waals surface area (Å²) >= 11 is 0. The van der Waals surface area contributed by atoms with E-state index in [1.165, 1.54) is 18.4 Å². The Hall–Kier alpha value is -2.08. The Balaban J connectivity index is 1.25. The summed E-state index contributed by atoms with van der Waals surface area (Å²) in [5.41, 5.74) is 2.33. The summed E-state index contributed by atoms with van der Waals surface area (Å²) < 4.78 is 2.08. The number of nitrogens with one attached hydrogen (secondary N) is 2. The highest BCUT2D eigenvalue weighted by Crippen LogP contribution is 2.19. The van der Waals surface area contributed by atoms with Gasteiger partial charge in [0.05, 0.1) is 5.69 Å². The topological polar surface area (TPSA) is 58.0 Å². The molecule has 2 aromatic heterocycles. The van der Waals surface area contributed by atoms with Crippen molar-refractivity contribution in [3.63, 3.8) is 0 Å². The Kier molecular flexibility index (Phi) is 4.38. The minimum Gasteiger partial charge on any atom is -0.370 e. The minimum absolute atomic E-state index is 0.564. The number of fused-ring (bicyclic) bond motifs is 1. The van der Waals surface area contributed by atoms with Crippen LogP contribution in [0, 0.1) is 12.8 Å². The highest BCUT2D eigenvalue weighted by Gasteiger charge is 2.18. The molecule has 4 heterocycles. The van der Waals surface area contributed by atoms with Gasteiger partial charge < -0.3 is 15.5 Å². The molecule has 0 spiro atoms. The molecule has 2 N–H and O–H groups in total. The van der Waals surface area contributed by atoms with Gasteiger partial charge in [0.25, 0.3) is 0 Å². The summed E-state index contributed by atoms with van der Waals surface area (Å²) in [5.74, 6) is 2.83. The second-order valence-corrected chi connectivity index (χ2v) is 6.95. The zero-order chi connectivity index (χ0) is 16.4. The minimum atomic E-state index is 0.564. The lowest BCUT2D eigenvalue weighted by Gasteiger charge is -2.25. The van der Waals surface area contributed by atoms with Gasteiger partial charge in [-0.2, -0.15) is 5.10 Å². The van der Waals surface area contributed by atoms with E-state index >= 15 is 0 Å². The van der Waals surface area contributed by atoms with Gasteiger partial charge in [-0.15, -0.1) is 0 Å². The molecule has 2 aromatic rings. The molecule has 0 aliphatic carbocycles. The Morgan fingerprint density at radius 3 is 2.96 bits per heavy atom. The fourth-order valence-corrected chi connectivity index (χ4v) is 3.60. The first-order chi connectivity index (χ1) is 11.8. The molecule has 0 aromatic carbocycles. The summed E-state index contributed by atoms with van der Waals surface area (Å²) in [5, 5.41) is 11.6. The van der Waals surface area contributed by atoms with Crippen molar-refractivity contribution in [2.24, 2.45) is 5.92 Å². The third kappa shape index (κ3) is 3.38. The largest absolute Gasteiger partial charge is 0.370 e. The van der Waals surface area contributed by atoms with E-state index in [0.29, 0.717) is 5.92 Å². The first-order valence-corrected chi connectivity index (χ1v) is 8.97. The molecule has 1 fully saturated rings. The van der Waals surface area contributed by atoms with Crippen LogP contribution in [0.3, 0.4) is 0 Å². The standard InChI is InChI=1S/C18H26N6/c1-14-8-18-21-12-16(13-24(18)22-14)10-19-9-15-4-5-17(20-11-15)23-6-2-3-7-23/h4-5,8,11,16,19,21H,2-3,6-7,9-10,12-13H2,1H3/t16-/m1/s1. The SMILES string of the molecule is Cc1cc2n(n1)C[C@H](CNCc1ccc(N3CCCC3)nc1)CN2. The van der Waals surface area contributed by atoms with Crippen molar-refractivity contribution < 1.29 is 0 Å². The van der Waals surface area contributed by atoms with Gasteiger partial charge in [0.1, 0.15) is 11.6 Å². The smallest absolute Gasteiger partial charge is 0.128 e. The van der Waals surface area contributed by atoms with Crippen molar-refractivity contribution in [2.45, 2.75) is 32.9 Å². The monoisotopic (exact) mass is 326 g/mol. The number of rotatable bonds is 5.